The second kappa shape index (κ2) is 3.25. The van der Waals surface area contributed by atoms with Crippen molar-refractivity contribution in [3.05, 3.63) is 11.1 Å². The van der Waals surface area contributed by atoms with Gasteiger partial charge in [-0.3, -0.25) is 19.3 Å². The first-order valence-electron chi connectivity index (χ1n) is 4.16. The van der Waals surface area contributed by atoms with Crippen LogP contribution in [0.5, 0.6) is 0 Å². The summed E-state index contributed by atoms with van der Waals surface area (Å²) in [6.45, 7) is 3.35. The highest BCUT2D eigenvalue weighted by atomic mass is 16.2. The summed E-state index contributed by atoms with van der Waals surface area (Å²) in [4.78, 5) is 34.9. The van der Waals surface area contributed by atoms with Gasteiger partial charge in [-0.2, -0.15) is 0 Å². The molecular weight excluding hydrogens is 184 g/mol. The third-order valence-corrected chi connectivity index (χ3v) is 2.22. The van der Waals surface area contributed by atoms with E-state index in [1.165, 1.54) is 7.05 Å². The van der Waals surface area contributed by atoms with E-state index in [1.54, 1.807) is 13.8 Å². The van der Waals surface area contributed by atoms with Gasteiger partial charge in [0.25, 0.3) is 5.91 Å². The second-order valence-electron chi connectivity index (χ2n) is 3.45. The Labute approximate surface area is 81.5 Å². The minimum atomic E-state index is -1.10. The number of allylic oxidation sites excluding steroid dienone is 1. The monoisotopic (exact) mass is 196 g/mol. The van der Waals surface area contributed by atoms with Crippen LogP contribution in [0.15, 0.2) is 11.1 Å². The molecule has 0 radical (unpaired) electrons. The lowest BCUT2D eigenvalue weighted by Gasteiger charge is -2.04. The number of amides is 3. The summed E-state index contributed by atoms with van der Waals surface area (Å²) >= 11 is 0. The Balaban J connectivity index is 3.29. The van der Waals surface area contributed by atoms with Crippen LogP contribution in [0.1, 0.15) is 13.8 Å². The van der Waals surface area contributed by atoms with Crippen LogP contribution in [-0.4, -0.2) is 29.7 Å². The highest BCUT2D eigenvalue weighted by molar-refractivity contribution is 6.22. The molecular formula is C9H12N2O3. The van der Waals surface area contributed by atoms with E-state index in [4.69, 9.17) is 5.73 Å². The topological polar surface area (TPSA) is 80.5 Å². The summed E-state index contributed by atoms with van der Waals surface area (Å²) < 4.78 is 0. The first kappa shape index (κ1) is 10.4. The molecule has 0 unspecified atom stereocenters. The SMILES string of the molecule is CC(C)=C1C(=O)N(C)C(=O)[C@@H]1C(N)=O. The summed E-state index contributed by atoms with van der Waals surface area (Å²) in [5.74, 6) is -2.85. The van der Waals surface area contributed by atoms with Crippen LogP contribution < -0.4 is 5.73 Å². The molecule has 0 bridgehead atoms. The van der Waals surface area contributed by atoms with Gasteiger partial charge in [-0.1, -0.05) is 5.57 Å². The van der Waals surface area contributed by atoms with Crippen molar-refractivity contribution in [2.24, 2.45) is 11.7 Å². The van der Waals surface area contributed by atoms with Crippen LogP contribution in [0, 0.1) is 5.92 Å². The van der Waals surface area contributed by atoms with Gasteiger partial charge in [0, 0.05) is 12.6 Å². The normalized spacial score (nSPS) is 21.8. The minimum Gasteiger partial charge on any atom is -0.369 e. The second-order valence-corrected chi connectivity index (χ2v) is 3.45. The van der Waals surface area contributed by atoms with E-state index in [0.29, 0.717) is 5.57 Å². The molecule has 1 fully saturated rings. The quantitative estimate of drug-likeness (QED) is 0.346. The molecule has 5 heteroatoms. The van der Waals surface area contributed by atoms with E-state index in [0.717, 1.165) is 4.90 Å². The number of rotatable bonds is 1. The Morgan fingerprint density at radius 2 is 1.86 bits per heavy atom. The van der Waals surface area contributed by atoms with Gasteiger partial charge in [0.2, 0.25) is 11.8 Å². The Morgan fingerprint density at radius 3 is 2.14 bits per heavy atom. The van der Waals surface area contributed by atoms with Crippen molar-refractivity contribution in [3.63, 3.8) is 0 Å². The number of likely N-dealkylation sites (tertiary alicyclic amines) is 1. The predicted octanol–water partition coefficient (Wildman–Crippen LogP) is -0.577. The summed E-state index contributed by atoms with van der Waals surface area (Å²) in [7, 11) is 1.34. The first-order chi connectivity index (χ1) is 6.37. The summed E-state index contributed by atoms with van der Waals surface area (Å²) in [6.07, 6.45) is 0. The Bertz CT molecular complexity index is 353. The minimum absolute atomic E-state index is 0.213. The van der Waals surface area contributed by atoms with Crippen LogP contribution in [0.2, 0.25) is 0 Å². The number of nitrogens with two attached hydrogens (primary N) is 1. The van der Waals surface area contributed by atoms with Crippen molar-refractivity contribution in [2.75, 3.05) is 7.05 Å². The molecule has 5 nitrogen and oxygen atoms in total. The number of primary amides is 1. The standard InChI is InChI=1S/C9H12N2O3/c1-4(2)5-6(7(10)12)9(14)11(3)8(5)13/h6H,1-3H3,(H2,10,12)/t6-/m0/s1. The summed E-state index contributed by atoms with van der Waals surface area (Å²) in [5.41, 5.74) is 5.93. The highest BCUT2D eigenvalue weighted by Gasteiger charge is 2.44. The molecule has 1 heterocycles. The van der Waals surface area contributed by atoms with Gasteiger partial charge in [0.15, 0.2) is 0 Å². The molecule has 3 amide bonds. The van der Waals surface area contributed by atoms with Crippen LogP contribution in [0.25, 0.3) is 0 Å². The smallest absolute Gasteiger partial charge is 0.257 e. The molecule has 0 aromatic rings. The van der Waals surface area contributed by atoms with Crippen molar-refractivity contribution in [2.45, 2.75) is 13.8 Å². The van der Waals surface area contributed by atoms with E-state index >= 15 is 0 Å². The van der Waals surface area contributed by atoms with Gasteiger partial charge in [0.1, 0.15) is 5.92 Å². The fourth-order valence-electron chi connectivity index (χ4n) is 1.49. The third kappa shape index (κ3) is 1.30. The zero-order chi connectivity index (χ0) is 11.0. The molecule has 1 rings (SSSR count). The third-order valence-electron chi connectivity index (χ3n) is 2.22. The molecule has 14 heavy (non-hydrogen) atoms. The summed E-state index contributed by atoms with van der Waals surface area (Å²) in [6, 6.07) is 0. The van der Waals surface area contributed by atoms with E-state index in [-0.39, 0.29) is 5.57 Å². The van der Waals surface area contributed by atoms with E-state index in [9.17, 15) is 14.4 Å². The van der Waals surface area contributed by atoms with Gasteiger partial charge < -0.3 is 5.73 Å². The molecule has 0 saturated carbocycles. The lowest BCUT2D eigenvalue weighted by molar-refractivity contribution is -0.139. The maximum atomic E-state index is 11.5. The average Bonchev–Trinajstić information content (AvgIpc) is 2.29. The largest absolute Gasteiger partial charge is 0.369 e. The van der Waals surface area contributed by atoms with Crippen molar-refractivity contribution >= 4 is 17.7 Å². The zero-order valence-corrected chi connectivity index (χ0v) is 8.33. The molecule has 0 aromatic carbocycles. The van der Waals surface area contributed by atoms with Crippen molar-refractivity contribution < 1.29 is 14.4 Å². The van der Waals surface area contributed by atoms with Crippen LogP contribution in [0.4, 0.5) is 0 Å². The molecule has 0 spiro atoms. The van der Waals surface area contributed by atoms with E-state index in [2.05, 4.69) is 0 Å². The molecule has 1 atom stereocenters. The molecule has 1 saturated heterocycles. The zero-order valence-electron chi connectivity index (χ0n) is 8.33. The maximum absolute atomic E-state index is 11.5. The Morgan fingerprint density at radius 1 is 1.36 bits per heavy atom. The Kier molecular flexibility index (Phi) is 2.42. The molecule has 1 aliphatic rings. The van der Waals surface area contributed by atoms with Crippen LogP contribution in [-0.2, 0) is 14.4 Å². The van der Waals surface area contributed by atoms with E-state index in [1.807, 2.05) is 0 Å². The van der Waals surface area contributed by atoms with Gasteiger partial charge in [-0.05, 0) is 13.8 Å². The lowest BCUT2D eigenvalue weighted by atomic mass is 9.97. The molecule has 2 N–H and O–H groups in total. The molecule has 0 aromatic heterocycles. The van der Waals surface area contributed by atoms with Gasteiger partial charge in [-0.25, -0.2) is 0 Å². The fourth-order valence-corrected chi connectivity index (χ4v) is 1.49. The van der Waals surface area contributed by atoms with Crippen molar-refractivity contribution in [3.8, 4) is 0 Å². The summed E-state index contributed by atoms with van der Waals surface area (Å²) in [5, 5.41) is 0. The fraction of sp³-hybridized carbons (Fsp3) is 0.444. The van der Waals surface area contributed by atoms with Crippen LogP contribution in [0.3, 0.4) is 0 Å². The molecule has 0 aliphatic carbocycles. The number of hydrogen-bond donors (Lipinski definition) is 1. The number of likely N-dealkylation sites (N-methyl/N-ethyl adjacent to an activating group) is 1. The molecule has 76 valence electrons. The van der Waals surface area contributed by atoms with Crippen LogP contribution >= 0.6 is 0 Å². The van der Waals surface area contributed by atoms with Gasteiger partial charge in [-0.15, -0.1) is 0 Å². The van der Waals surface area contributed by atoms with Gasteiger partial charge >= 0.3 is 0 Å². The predicted molar refractivity (Wildman–Crippen MR) is 48.8 cm³/mol. The van der Waals surface area contributed by atoms with Gasteiger partial charge in [0.05, 0.1) is 0 Å². The first-order valence-corrected chi connectivity index (χ1v) is 4.16. The number of nitrogens with zero attached hydrogens (tertiary/aromatic N) is 1. The highest BCUT2D eigenvalue weighted by Crippen LogP contribution is 2.26. The average molecular weight is 196 g/mol. The number of carbonyl (C=O) groups excluding carboxylic acids is 3. The Hall–Kier alpha value is -1.65. The number of imide groups is 1. The van der Waals surface area contributed by atoms with Crippen molar-refractivity contribution in [1.82, 2.24) is 4.90 Å². The molecule has 1 aliphatic heterocycles. The maximum Gasteiger partial charge on any atom is 0.257 e. The van der Waals surface area contributed by atoms with E-state index < -0.39 is 23.6 Å². The number of carbonyl (C=O) groups is 3. The number of hydrogen-bond acceptors (Lipinski definition) is 3. The van der Waals surface area contributed by atoms with Crippen molar-refractivity contribution in [1.29, 1.82) is 0 Å². The lowest BCUT2D eigenvalue weighted by Crippen LogP contribution is -2.32.